The Morgan fingerprint density at radius 3 is 2.23 bits per heavy atom. The van der Waals surface area contributed by atoms with Gasteiger partial charge in [0.05, 0.1) is 5.75 Å². The minimum atomic E-state index is -0.218. The van der Waals surface area contributed by atoms with Crippen LogP contribution in [-0.2, 0) is 10.2 Å². The third-order valence-electron chi connectivity index (χ3n) is 4.65. The second-order valence-corrected chi connectivity index (χ2v) is 9.55. The molecule has 0 aliphatic heterocycles. The summed E-state index contributed by atoms with van der Waals surface area (Å²) in [5.74, 6) is 7.04. The Bertz CT molecular complexity index is 1010. The average molecular weight is 439 g/mol. The summed E-state index contributed by atoms with van der Waals surface area (Å²) in [5, 5.41) is 12.2. The fourth-order valence-corrected chi connectivity index (χ4v) is 3.92. The van der Waals surface area contributed by atoms with E-state index in [4.69, 9.17) is 5.84 Å². The first-order valence-corrected chi connectivity index (χ1v) is 11.2. The summed E-state index contributed by atoms with van der Waals surface area (Å²) in [4.78, 5) is 14.8. The van der Waals surface area contributed by atoms with Crippen LogP contribution in [0.4, 0.5) is 17.1 Å². The molecule has 0 spiro atoms. The van der Waals surface area contributed by atoms with E-state index in [1.54, 1.807) is 4.90 Å². The smallest absolute Gasteiger partial charge is 0.237 e. The van der Waals surface area contributed by atoms with Crippen LogP contribution in [0.1, 0.15) is 40.4 Å². The number of carbonyl (C=O) groups excluding carboxylic acids is 1. The molecule has 3 N–H and O–H groups in total. The lowest BCUT2D eigenvalue weighted by molar-refractivity contribution is -0.116. The zero-order valence-electron chi connectivity index (χ0n) is 18.7. The molecule has 1 aromatic heterocycles. The largest absolute Gasteiger partial charge is 0.356 e. The second kappa shape index (κ2) is 9.43. The first-order valence-electron chi connectivity index (χ1n) is 10.2. The van der Waals surface area contributed by atoms with Crippen molar-refractivity contribution >= 4 is 34.7 Å². The maximum Gasteiger partial charge on any atom is 0.237 e. The molecule has 31 heavy (non-hydrogen) atoms. The average Bonchev–Trinajstić information content (AvgIpc) is 3.09. The topological polar surface area (TPSA) is 89.1 Å². The van der Waals surface area contributed by atoms with Crippen LogP contribution in [0.15, 0.2) is 59.8 Å². The van der Waals surface area contributed by atoms with Crippen LogP contribution < -0.4 is 16.1 Å². The Kier molecular flexibility index (Phi) is 6.90. The van der Waals surface area contributed by atoms with Crippen LogP contribution in [0.3, 0.4) is 0 Å². The van der Waals surface area contributed by atoms with Gasteiger partial charge in [-0.2, -0.15) is 0 Å². The number of thioether (sulfide) groups is 1. The third kappa shape index (κ3) is 5.58. The number of hydrogen-bond donors (Lipinski definition) is 2. The molecule has 3 aromatic rings. The summed E-state index contributed by atoms with van der Waals surface area (Å²) in [6.07, 6.45) is 0. The number of aromatic nitrogens is 3. The maximum absolute atomic E-state index is 13.0. The number of nitrogen functional groups attached to an aromatic ring is 1. The quantitative estimate of drug-likeness (QED) is 0.415. The summed E-state index contributed by atoms with van der Waals surface area (Å²) in [6, 6.07) is 17.9. The molecule has 3 rings (SSSR count). The number of carbonyl (C=O) groups is 1. The van der Waals surface area contributed by atoms with E-state index in [0.717, 1.165) is 17.1 Å². The Morgan fingerprint density at radius 2 is 1.68 bits per heavy atom. The summed E-state index contributed by atoms with van der Waals surface area (Å²) in [6.45, 7) is 10.1. The molecule has 1 heterocycles. The summed E-state index contributed by atoms with van der Waals surface area (Å²) < 4.78 is 1.47. The zero-order valence-corrected chi connectivity index (χ0v) is 19.5. The SMILES string of the molecule is CC(C)N(C(=O)CSc1nnc(C(C)(C)C)n1N)c1ccc(Nc2ccccc2)cc1. The number of rotatable bonds is 7. The molecule has 0 bridgehead atoms. The van der Waals surface area contributed by atoms with Crippen molar-refractivity contribution in [1.29, 1.82) is 0 Å². The number of amides is 1. The standard InChI is InChI=1S/C23H30N6OS/c1-16(2)28(19-13-11-18(12-14-19)25-17-9-7-6-8-10-17)20(30)15-31-22-27-26-21(29(22)24)23(3,4)5/h6-14,16,25H,15,24H2,1-5H3. The Balaban J connectivity index is 1.69. The third-order valence-corrected chi connectivity index (χ3v) is 5.58. The predicted molar refractivity (Wildman–Crippen MR) is 128 cm³/mol. The van der Waals surface area contributed by atoms with Crippen molar-refractivity contribution in [1.82, 2.24) is 14.9 Å². The van der Waals surface area contributed by atoms with Crippen LogP contribution in [-0.4, -0.2) is 32.6 Å². The van der Waals surface area contributed by atoms with Crippen molar-refractivity contribution in [3.05, 3.63) is 60.4 Å². The van der Waals surface area contributed by atoms with Gasteiger partial charge in [-0.3, -0.25) is 4.79 Å². The van der Waals surface area contributed by atoms with E-state index in [0.29, 0.717) is 11.0 Å². The fraction of sp³-hybridized carbons (Fsp3) is 0.348. The first-order chi connectivity index (χ1) is 14.7. The lowest BCUT2D eigenvalue weighted by atomic mass is 9.96. The highest BCUT2D eigenvalue weighted by molar-refractivity contribution is 7.99. The predicted octanol–water partition coefficient (Wildman–Crippen LogP) is 4.57. The molecule has 7 nitrogen and oxygen atoms in total. The number of nitrogens with two attached hydrogens (primary N) is 1. The first kappa shape index (κ1) is 22.7. The Hall–Kier alpha value is -3.00. The molecule has 0 unspecified atom stereocenters. The van der Waals surface area contributed by atoms with Crippen molar-refractivity contribution in [3.63, 3.8) is 0 Å². The molecule has 0 atom stereocenters. The summed E-state index contributed by atoms with van der Waals surface area (Å²) >= 11 is 1.30. The maximum atomic E-state index is 13.0. The molecule has 0 aliphatic carbocycles. The van der Waals surface area contributed by atoms with Gasteiger partial charge in [0.15, 0.2) is 5.82 Å². The number of anilines is 3. The van der Waals surface area contributed by atoms with E-state index >= 15 is 0 Å². The van der Waals surface area contributed by atoms with E-state index < -0.39 is 0 Å². The number of para-hydroxylation sites is 1. The Morgan fingerprint density at radius 1 is 1.06 bits per heavy atom. The van der Waals surface area contributed by atoms with Crippen molar-refractivity contribution in [2.45, 2.75) is 51.2 Å². The molecule has 2 aromatic carbocycles. The van der Waals surface area contributed by atoms with Gasteiger partial charge >= 0.3 is 0 Å². The van der Waals surface area contributed by atoms with Gasteiger partial charge in [-0.05, 0) is 50.2 Å². The van der Waals surface area contributed by atoms with Crippen LogP contribution in [0, 0.1) is 0 Å². The molecule has 8 heteroatoms. The number of nitrogens with one attached hydrogen (secondary N) is 1. The van der Waals surface area contributed by atoms with Crippen molar-refractivity contribution in [2.24, 2.45) is 0 Å². The molecule has 0 saturated carbocycles. The van der Waals surface area contributed by atoms with Crippen molar-refractivity contribution in [3.8, 4) is 0 Å². The van der Waals surface area contributed by atoms with Crippen LogP contribution in [0.2, 0.25) is 0 Å². The van der Waals surface area contributed by atoms with Gasteiger partial charge in [0.25, 0.3) is 0 Å². The molecule has 0 aliphatic rings. The summed E-state index contributed by atoms with van der Waals surface area (Å²) in [7, 11) is 0. The molecule has 0 radical (unpaired) electrons. The molecular formula is C23H30N6OS. The van der Waals surface area contributed by atoms with Crippen LogP contribution >= 0.6 is 11.8 Å². The van der Waals surface area contributed by atoms with Gasteiger partial charge in [-0.25, -0.2) is 4.68 Å². The number of nitrogens with zero attached hydrogens (tertiary/aromatic N) is 4. The van der Waals surface area contributed by atoms with E-state index in [1.165, 1.54) is 16.4 Å². The van der Waals surface area contributed by atoms with Gasteiger partial charge in [0.1, 0.15) is 0 Å². The minimum Gasteiger partial charge on any atom is -0.356 e. The number of hydrogen-bond acceptors (Lipinski definition) is 6. The molecule has 0 fully saturated rings. The normalized spacial score (nSPS) is 11.5. The van der Waals surface area contributed by atoms with E-state index in [1.807, 2.05) is 89.2 Å². The highest BCUT2D eigenvalue weighted by Gasteiger charge is 2.25. The fourth-order valence-electron chi connectivity index (χ4n) is 3.21. The van der Waals surface area contributed by atoms with Gasteiger partial charge in [0.2, 0.25) is 11.1 Å². The second-order valence-electron chi connectivity index (χ2n) is 8.61. The molecular weight excluding hydrogens is 408 g/mol. The monoisotopic (exact) mass is 438 g/mol. The van der Waals surface area contributed by atoms with Crippen LogP contribution in [0.5, 0.6) is 0 Å². The van der Waals surface area contributed by atoms with E-state index in [9.17, 15) is 4.79 Å². The minimum absolute atomic E-state index is 0.0101. The lowest BCUT2D eigenvalue weighted by Crippen LogP contribution is -2.38. The van der Waals surface area contributed by atoms with E-state index in [2.05, 4.69) is 15.5 Å². The molecule has 0 saturated heterocycles. The van der Waals surface area contributed by atoms with Gasteiger partial charge in [-0.15, -0.1) is 10.2 Å². The molecule has 1 amide bonds. The lowest BCUT2D eigenvalue weighted by Gasteiger charge is -2.27. The van der Waals surface area contributed by atoms with Crippen LogP contribution in [0.25, 0.3) is 0 Å². The Labute approximate surface area is 188 Å². The van der Waals surface area contributed by atoms with Gasteiger partial charge in [0, 0.05) is 28.5 Å². The highest BCUT2D eigenvalue weighted by Crippen LogP contribution is 2.26. The number of benzene rings is 2. The summed E-state index contributed by atoms with van der Waals surface area (Å²) in [5.41, 5.74) is 2.61. The van der Waals surface area contributed by atoms with Crippen molar-refractivity contribution < 1.29 is 4.79 Å². The van der Waals surface area contributed by atoms with Gasteiger partial charge in [-0.1, -0.05) is 50.7 Å². The van der Waals surface area contributed by atoms with Gasteiger partial charge < -0.3 is 16.1 Å². The molecule has 164 valence electrons. The highest BCUT2D eigenvalue weighted by atomic mass is 32.2. The van der Waals surface area contributed by atoms with E-state index in [-0.39, 0.29) is 23.1 Å². The van der Waals surface area contributed by atoms with Crippen molar-refractivity contribution in [2.75, 3.05) is 21.8 Å². The zero-order chi connectivity index (χ0) is 22.6.